The zero-order valence-electron chi connectivity index (χ0n) is 11.9. The minimum Gasteiger partial charge on any atom is -0.392 e. The summed E-state index contributed by atoms with van der Waals surface area (Å²) >= 11 is 1.84. The highest BCUT2D eigenvalue weighted by atomic mass is 32.2. The smallest absolute Gasteiger partial charge is 0.0662 e. The molecule has 0 aromatic heterocycles. The van der Waals surface area contributed by atoms with Gasteiger partial charge < -0.3 is 10.4 Å². The number of hydrogen-bond acceptors (Lipinski definition) is 3. The molecule has 2 N–H and O–H groups in total. The van der Waals surface area contributed by atoms with E-state index >= 15 is 0 Å². The van der Waals surface area contributed by atoms with Gasteiger partial charge in [0.25, 0.3) is 0 Å². The van der Waals surface area contributed by atoms with Crippen molar-refractivity contribution in [1.82, 2.24) is 5.32 Å². The van der Waals surface area contributed by atoms with Crippen LogP contribution in [0.15, 0.2) is 29.2 Å². The van der Waals surface area contributed by atoms with Crippen molar-refractivity contribution in [3.63, 3.8) is 0 Å². The molecule has 2 rings (SSSR count). The first-order valence-corrected chi connectivity index (χ1v) is 8.20. The average molecular weight is 279 g/mol. The van der Waals surface area contributed by atoms with Gasteiger partial charge in [0.05, 0.1) is 6.10 Å². The molecule has 3 atom stereocenters. The fourth-order valence-electron chi connectivity index (χ4n) is 2.57. The third-order valence-corrected chi connectivity index (χ3v) is 5.42. The van der Waals surface area contributed by atoms with E-state index in [9.17, 15) is 5.11 Å². The van der Waals surface area contributed by atoms with Crippen molar-refractivity contribution in [2.75, 3.05) is 7.05 Å². The Bertz CT molecular complexity index is 379. The Hall–Kier alpha value is -0.510. The van der Waals surface area contributed by atoms with Crippen LogP contribution >= 0.6 is 11.8 Å². The lowest BCUT2D eigenvalue weighted by molar-refractivity contribution is 0.163. The van der Waals surface area contributed by atoms with Gasteiger partial charge in [-0.3, -0.25) is 0 Å². The van der Waals surface area contributed by atoms with Crippen molar-refractivity contribution in [2.45, 2.75) is 61.3 Å². The maximum Gasteiger partial charge on any atom is 0.0662 e. The molecule has 0 saturated heterocycles. The normalized spacial score (nSPS) is 25.8. The van der Waals surface area contributed by atoms with Crippen molar-refractivity contribution < 1.29 is 5.11 Å². The van der Waals surface area contributed by atoms with Gasteiger partial charge >= 0.3 is 0 Å². The third kappa shape index (κ3) is 4.23. The van der Waals surface area contributed by atoms with E-state index in [2.05, 4.69) is 36.5 Å². The van der Waals surface area contributed by atoms with Gasteiger partial charge in [0, 0.05) is 16.2 Å². The predicted octanol–water partition coefficient (Wildman–Crippen LogP) is 3.75. The Morgan fingerprint density at radius 2 is 1.84 bits per heavy atom. The second-order valence-electron chi connectivity index (χ2n) is 5.44. The summed E-state index contributed by atoms with van der Waals surface area (Å²) in [4.78, 5) is 1.28. The monoisotopic (exact) mass is 279 g/mol. The lowest BCUT2D eigenvalue weighted by Gasteiger charge is -2.20. The van der Waals surface area contributed by atoms with Crippen LogP contribution in [0.2, 0.25) is 0 Å². The van der Waals surface area contributed by atoms with Gasteiger partial charge in [-0.15, -0.1) is 11.8 Å². The standard InChI is InChI=1S/C16H25NOS/c1-12(17-2)13-8-10-14(11-9-13)19-16-7-5-3-4-6-15(16)18/h8-12,15-18H,3-7H2,1-2H3. The first-order chi connectivity index (χ1) is 9.20. The highest BCUT2D eigenvalue weighted by Crippen LogP contribution is 2.33. The first kappa shape index (κ1) is 14.9. The summed E-state index contributed by atoms with van der Waals surface area (Å²) in [6.07, 6.45) is 5.67. The quantitative estimate of drug-likeness (QED) is 0.823. The third-order valence-electron chi connectivity index (χ3n) is 4.02. The van der Waals surface area contributed by atoms with Gasteiger partial charge in [0.2, 0.25) is 0 Å². The Labute approximate surface area is 121 Å². The molecule has 3 heteroatoms. The van der Waals surface area contributed by atoms with Crippen LogP contribution in [-0.4, -0.2) is 23.5 Å². The van der Waals surface area contributed by atoms with Crippen LogP contribution in [-0.2, 0) is 0 Å². The second kappa shape index (κ2) is 7.32. The molecule has 1 saturated carbocycles. The maximum absolute atomic E-state index is 10.2. The number of nitrogens with one attached hydrogen (secondary N) is 1. The van der Waals surface area contributed by atoms with E-state index in [4.69, 9.17) is 0 Å². The minimum atomic E-state index is -0.136. The van der Waals surface area contributed by atoms with Crippen molar-refractivity contribution in [2.24, 2.45) is 0 Å². The molecule has 19 heavy (non-hydrogen) atoms. The van der Waals surface area contributed by atoms with Gasteiger partial charge in [0.15, 0.2) is 0 Å². The van der Waals surface area contributed by atoms with E-state index in [0.717, 1.165) is 12.8 Å². The molecule has 0 amide bonds. The Balaban J connectivity index is 1.98. The molecule has 2 nitrogen and oxygen atoms in total. The molecule has 1 aliphatic carbocycles. The van der Waals surface area contributed by atoms with E-state index in [-0.39, 0.29) is 6.10 Å². The first-order valence-electron chi connectivity index (χ1n) is 7.32. The fourth-order valence-corrected chi connectivity index (χ4v) is 3.79. The number of hydrogen-bond donors (Lipinski definition) is 2. The molecule has 1 aromatic rings. The SMILES string of the molecule is CNC(C)c1ccc(SC2CCCCCC2O)cc1. The number of aliphatic hydroxyl groups excluding tert-OH is 1. The Morgan fingerprint density at radius 1 is 1.16 bits per heavy atom. The van der Waals surface area contributed by atoms with Gasteiger partial charge in [-0.1, -0.05) is 31.4 Å². The molecule has 1 fully saturated rings. The van der Waals surface area contributed by atoms with Crippen LogP contribution in [0.5, 0.6) is 0 Å². The van der Waals surface area contributed by atoms with Crippen LogP contribution in [0.25, 0.3) is 0 Å². The second-order valence-corrected chi connectivity index (χ2v) is 6.75. The number of thioether (sulfide) groups is 1. The number of benzene rings is 1. The minimum absolute atomic E-state index is 0.136. The van der Waals surface area contributed by atoms with Gasteiger partial charge in [0.1, 0.15) is 0 Å². The topological polar surface area (TPSA) is 32.3 Å². The van der Waals surface area contributed by atoms with E-state index in [1.165, 1.54) is 29.7 Å². The highest BCUT2D eigenvalue weighted by Gasteiger charge is 2.22. The van der Waals surface area contributed by atoms with E-state index in [0.29, 0.717) is 11.3 Å². The molecule has 0 spiro atoms. The van der Waals surface area contributed by atoms with Crippen LogP contribution in [0.3, 0.4) is 0 Å². The summed E-state index contributed by atoms with van der Waals surface area (Å²) in [5.74, 6) is 0. The van der Waals surface area contributed by atoms with Crippen LogP contribution in [0, 0.1) is 0 Å². The van der Waals surface area contributed by atoms with E-state index in [1.807, 2.05) is 18.8 Å². The molecule has 0 aliphatic heterocycles. The molecular weight excluding hydrogens is 254 g/mol. The van der Waals surface area contributed by atoms with Crippen LogP contribution in [0.1, 0.15) is 50.6 Å². The number of aliphatic hydroxyl groups is 1. The summed E-state index contributed by atoms with van der Waals surface area (Å²) < 4.78 is 0. The zero-order chi connectivity index (χ0) is 13.7. The van der Waals surface area contributed by atoms with Gasteiger partial charge in [-0.2, -0.15) is 0 Å². The van der Waals surface area contributed by atoms with Gasteiger partial charge in [-0.05, 0) is 44.5 Å². The maximum atomic E-state index is 10.2. The van der Waals surface area contributed by atoms with E-state index in [1.54, 1.807) is 0 Å². The Kier molecular flexibility index (Phi) is 5.74. The average Bonchev–Trinajstić information content (AvgIpc) is 2.64. The molecule has 1 aromatic carbocycles. The summed E-state index contributed by atoms with van der Waals surface area (Å²) in [6.45, 7) is 2.16. The molecule has 3 unspecified atom stereocenters. The molecule has 0 bridgehead atoms. The molecule has 1 aliphatic rings. The lowest BCUT2D eigenvalue weighted by Crippen LogP contribution is -2.21. The number of rotatable bonds is 4. The largest absolute Gasteiger partial charge is 0.392 e. The van der Waals surface area contributed by atoms with Crippen molar-refractivity contribution in [3.05, 3.63) is 29.8 Å². The Morgan fingerprint density at radius 3 is 2.53 bits per heavy atom. The van der Waals surface area contributed by atoms with Gasteiger partial charge in [-0.25, -0.2) is 0 Å². The molecule has 0 radical (unpaired) electrons. The highest BCUT2D eigenvalue weighted by molar-refractivity contribution is 8.00. The van der Waals surface area contributed by atoms with Crippen molar-refractivity contribution >= 4 is 11.8 Å². The van der Waals surface area contributed by atoms with Crippen LogP contribution in [0.4, 0.5) is 0 Å². The van der Waals surface area contributed by atoms with Crippen molar-refractivity contribution in [1.29, 1.82) is 0 Å². The molecule has 106 valence electrons. The zero-order valence-corrected chi connectivity index (χ0v) is 12.7. The molecule has 0 heterocycles. The van der Waals surface area contributed by atoms with Crippen molar-refractivity contribution in [3.8, 4) is 0 Å². The summed E-state index contributed by atoms with van der Waals surface area (Å²) in [7, 11) is 1.98. The van der Waals surface area contributed by atoms with Crippen LogP contribution < -0.4 is 5.32 Å². The summed E-state index contributed by atoms with van der Waals surface area (Å²) in [5.41, 5.74) is 1.31. The van der Waals surface area contributed by atoms with E-state index < -0.39 is 0 Å². The fraction of sp³-hybridized carbons (Fsp3) is 0.625. The summed E-state index contributed by atoms with van der Waals surface area (Å²) in [5, 5.41) is 13.8. The summed E-state index contributed by atoms with van der Waals surface area (Å²) in [6, 6.07) is 9.14. The predicted molar refractivity (Wildman–Crippen MR) is 82.7 cm³/mol. The lowest BCUT2D eigenvalue weighted by atomic mass is 10.1. The molecular formula is C16H25NOS.